The summed E-state index contributed by atoms with van der Waals surface area (Å²) in [6, 6.07) is 9.08. The molecule has 3 fully saturated rings. The molecule has 0 unspecified atom stereocenters. The highest BCUT2D eigenvalue weighted by Gasteiger charge is 2.74. The van der Waals surface area contributed by atoms with Crippen molar-refractivity contribution in [3.63, 3.8) is 0 Å². The zero-order valence-corrected chi connectivity index (χ0v) is 20.1. The topological polar surface area (TPSA) is 79.0 Å². The zero-order chi connectivity index (χ0) is 23.9. The number of hydrogen-bond donors (Lipinski definition) is 1. The molecule has 0 saturated carbocycles. The number of imide groups is 1. The van der Waals surface area contributed by atoms with Gasteiger partial charge in [-0.1, -0.05) is 36.7 Å². The molecule has 4 aliphatic rings. The molecule has 1 N–H and O–H groups in total. The van der Waals surface area contributed by atoms with Crippen LogP contribution in [0.3, 0.4) is 0 Å². The Hall–Kier alpha value is -2.90. The number of hydrogen-bond acceptors (Lipinski definition) is 5. The van der Waals surface area contributed by atoms with Crippen LogP contribution < -0.4 is 15.0 Å². The van der Waals surface area contributed by atoms with Crippen molar-refractivity contribution in [3.8, 4) is 5.75 Å². The molecule has 2 aromatic carbocycles. The summed E-state index contributed by atoms with van der Waals surface area (Å²) < 4.78 is 5.50. The minimum Gasteiger partial charge on any atom is -0.495 e. The Balaban J connectivity index is 1.56. The fraction of sp³-hybridized carbons (Fsp3) is 0.423. The number of benzene rings is 2. The molecule has 1 spiro atoms. The summed E-state index contributed by atoms with van der Waals surface area (Å²) in [5, 5.41) is 3.59. The smallest absolute Gasteiger partial charge is 0.250 e. The molecular formula is C26H26ClN3O4. The van der Waals surface area contributed by atoms with E-state index < -0.39 is 17.4 Å². The Labute approximate surface area is 203 Å². The number of amides is 3. The van der Waals surface area contributed by atoms with Gasteiger partial charge < -0.3 is 10.1 Å². The fourth-order valence-electron chi connectivity index (χ4n) is 6.81. The Morgan fingerprint density at radius 2 is 2.00 bits per heavy atom. The van der Waals surface area contributed by atoms with Crippen LogP contribution in [0.5, 0.6) is 5.75 Å². The fourth-order valence-corrected chi connectivity index (χ4v) is 6.96. The molecule has 0 radical (unpaired) electrons. The Morgan fingerprint density at radius 1 is 1.21 bits per heavy atom. The average Bonchev–Trinajstić information content (AvgIpc) is 3.53. The molecule has 4 aliphatic heterocycles. The summed E-state index contributed by atoms with van der Waals surface area (Å²) in [6.45, 7) is 4.55. The molecule has 0 bridgehead atoms. The van der Waals surface area contributed by atoms with Gasteiger partial charge in [0.2, 0.25) is 17.7 Å². The lowest BCUT2D eigenvalue weighted by atomic mass is 9.75. The number of nitrogens with one attached hydrogen (secondary N) is 1. The lowest BCUT2D eigenvalue weighted by Crippen LogP contribution is -2.54. The van der Waals surface area contributed by atoms with Crippen LogP contribution >= 0.6 is 11.6 Å². The van der Waals surface area contributed by atoms with Crippen molar-refractivity contribution < 1.29 is 19.1 Å². The number of nitrogens with zero attached hydrogens (tertiary/aromatic N) is 2. The van der Waals surface area contributed by atoms with Crippen molar-refractivity contribution in [2.45, 2.75) is 44.7 Å². The minimum atomic E-state index is -1.18. The van der Waals surface area contributed by atoms with Crippen LogP contribution in [0.2, 0.25) is 5.02 Å². The van der Waals surface area contributed by atoms with Crippen LogP contribution in [-0.4, -0.2) is 42.3 Å². The number of rotatable bonds is 3. The third-order valence-corrected chi connectivity index (χ3v) is 8.60. The van der Waals surface area contributed by atoms with Crippen molar-refractivity contribution in [2.75, 3.05) is 23.9 Å². The number of carbonyl (C=O) groups excluding carboxylic acids is 3. The number of aryl methyl sites for hydroxylation is 2. The first kappa shape index (κ1) is 21.6. The maximum Gasteiger partial charge on any atom is 0.250 e. The van der Waals surface area contributed by atoms with Gasteiger partial charge in [-0.15, -0.1) is 0 Å². The third kappa shape index (κ3) is 2.44. The predicted octanol–water partition coefficient (Wildman–Crippen LogP) is 3.65. The number of anilines is 2. The van der Waals surface area contributed by atoms with Crippen LogP contribution in [0.4, 0.5) is 11.4 Å². The standard InChI is InChI=1S/C26H26ClN3O4/c1-4-14-7-5-8-15-22(14)28-25(33)26(15)21-20(17-9-6-10-29(17)26)23(31)30(24(21)32)18-11-13(2)16(27)12-19(18)34-3/h5,7-8,11-12,17,20-21H,4,6,9-10H2,1-3H3,(H,28,33)/t17-,20+,21-,26+/m0/s1. The van der Waals surface area contributed by atoms with Gasteiger partial charge in [0.25, 0.3) is 0 Å². The lowest BCUT2D eigenvalue weighted by Gasteiger charge is -2.36. The van der Waals surface area contributed by atoms with Crippen molar-refractivity contribution in [1.29, 1.82) is 0 Å². The number of methoxy groups -OCH3 is 1. The second kappa shape index (κ2) is 7.30. The highest BCUT2D eigenvalue weighted by molar-refractivity contribution is 6.32. The Kier molecular flexibility index (Phi) is 4.64. The monoisotopic (exact) mass is 479 g/mol. The van der Waals surface area contributed by atoms with Crippen LogP contribution in [0, 0.1) is 18.8 Å². The van der Waals surface area contributed by atoms with E-state index in [1.54, 1.807) is 12.1 Å². The van der Waals surface area contributed by atoms with Crippen molar-refractivity contribution in [2.24, 2.45) is 11.8 Å². The molecule has 0 aliphatic carbocycles. The summed E-state index contributed by atoms with van der Waals surface area (Å²) in [4.78, 5) is 45.3. The van der Waals surface area contributed by atoms with Gasteiger partial charge in [-0.2, -0.15) is 0 Å². The largest absolute Gasteiger partial charge is 0.495 e. The van der Waals surface area contributed by atoms with E-state index in [-0.39, 0.29) is 23.8 Å². The number of carbonyl (C=O) groups is 3. The van der Waals surface area contributed by atoms with Gasteiger partial charge in [-0.25, -0.2) is 4.90 Å². The van der Waals surface area contributed by atoms with Gasteiger partial charge >= 0.3 is 0 Å². The first-order chi connectivity index (χ1) is 16.4. The second-order valence-electron chi connectivity index (χ2n) is 9.61. The molecule has 7 nitrogen and oxygen atoms in total. The zero-order valence-electron chi connectivity index (χ0n) is 19.4. The van der Waals surface area contributed by atoms with Crippen molar-refractivity contribution in [1.82, 2.24) is 4.90 Å². The highest BCUT2D eigenvalue weighted by Crippen LogP contribution is 2.61. The van der Waals surface area contributed by atoms with Gasteiger partial charge in [0.05, 0.1) is 24.6 Å². The quantitative estimate of drug-likeness (QED) is 0.680. The van der Waals surface area contributed by atoms with Crippen molar-refractivity contribution >= 4 is 40.7 Å². The Bertz CT molecular complexity index is 1280. The molecule has 176 valence electrons. The van der Waals surface area contributed by atoms with E-state index in [0.29, 0.717) is 23.0 Å². The number of halogens is 1. The van der Waals surface area contributed by atoms with Gasteiger partial charge in [0.15, 0.2) is 0 Å². The molecule has 2 aromatic rings. The van der Waals surface area contributed by atoms with E-state index in [0.717, 1.165) is 41.6 Å². The number of ether oxygens (including phenoxy) is 1. The van der Waals surface area contributed by atoms with Crippen molar-refractivity contribution in [3.05, 3.63) is 52.0 Å². The maximum absolute atomic E-state index is 14.2. The molecule has 3 saturated heterocycles. The summed E-state index contributed by atoms with van der Waals surface area (Å²) in [6.07, 6.45) is 2.43. The summed E-state index contributed by atoms with van der Waals surface area (Å²) in [7, 11) is 1.49. The summed E-state index contributed by atoms with van der Waals surface area (Å²) in [5.74, 6) is -1.84. The number of para-hydroxylation sites is 1. The first-order valence-corrected chi connectivity index (χ1v) is 12.2. The summed E-state index contributed by atoms with van der Waals surface area (Å²) >= 11 is 6.29. The van der Waals surface area contributed by atoms with Gasteiger partial charge in [-0.3, -0.25) is 19.3 Å². The van der Waals surface area contributed by atoms with Crippen LogP contribution in [0.15, 0.2) is 30.3 Å². The van der Waals surface area contributed by atoms with E-state index in [2.05, 4.69) is 10.2 Å². The van der Waals surface area contributed by atoms with E-state index in [1.807, 2.05) is 32.0 Å². The molecular weight excluding hydrogens is 454 g/mol. The van der Waals surface area contributed by atoms with Crippen LogP contribution in [0.1, 0.15) is 36.5 Å². The molecule has 8 heteroatoms. The molecule has 0 aromatic heterocycles. The SMILES string of the molecule is CCc1cccc2c1NC(=O)[C@]21[C@@H]2C(=O)N(c3cc(C)c(Cl)cc3OC)C(=O)[C@@H]2[C@@H]2CCCN21. The second-order valence-corrected chi connectivity index (χ2v) is 10.0. The van der Waals surface area contributed by atoms with Gasteiger partial charge in [0.1, 0.15) is 11.3 Å². The van der Waals surface area contributed by atoms with Crippen LogP contribution in [0.25, 0.3) is 0 Å². The highest BCUT2D eigenvalue weighted by atomic mass is 35.5. The van der Waals surface area contributed by atoms with E-state index >= 15 is 0 Å². The number of fused-ring (bicyclic) bond motifs is 7. The molecule has 4 heterocycles. The summed E-state index contributed by atoms with van der Waals surface area (Å²) in [5.41, 5.74) is 2.59. The maximum atomic E-state index is 14.2. The van der Waals surface area contributed by atoms with E-state index in [4.69, 9.17) is 16.3 Å². The normalized spacial score (nSPS) is 29.6. The van der Waals surface area contributed by atoms with Crippen LogP contribution in [-0.2, 0) is 26.3 Å². The first-order valence-electron chi connectivity index (χ1n) is 11.8. The minimum absolute atomic E-state index is 0.159. The molecule has 4 atom stereocenters. The predicted molar refractivity (Wildman–Crippen MR) is 128 cm³/mol. The average molecular weight is 480 g/mol. The molecule has 6 rings (SSSR count). The molecule has 3 amide bonds. The van der Waals surface area contributed by atoms with Gasteiger partial charge in [-0.05, 0) is 49.9 Å². The van der Waals surface area contributed by atoms with E-state index in [1.165, 1.54) is 12.0 Å². The lowest BCUT2D eigenvalue weighted by molar-refractivity contribution is -0.135. The van der Waals surface area contributed by atoms with Gasteiger partial charge in [0, 0.05) is 28.4 Å². The Morgan fingerprint density at radius 3 is 2.74 bits per heavy atom. The molecule has 34 heavy (non-hydrogen) atoms. The van der Waals surface area contributed by atoms with E-state index in [9.17, 15) is 14.4 Å². The third-order valence-electron chi connectivity index (χ3n) is 8.20.